The van der Waals surface area contributed by atoms with E-state index < -0.39 is 11.4 Å². The van der Waals surface area contributed by atoms with E-state index >= 15 is 0 Å². The van der Waals surface area contributed by atoms with Crippen LogP contribution in [-0.4, -0.2) is 33.3 Å². The number of nitrogens with two attached hydrogens (primary N) is 1. The van der Waals surface area contributed by atoms with Gasteiger partial charge in [-0.2, -0.15) is 4.98 Å². The maximum atomic E-state index is 13.5. The molecule has 0 amide bonds. The fraction of sp³-hybridized carbons (Fsp3) is 0.636. The van der Waals surface area contributed by atoms with Crippen molar-refractivity contribution in [2.45, 2.75) is 37.3 Å². The van der Waals surface area contributed by atoms with E-state index in [1.807, 2.05) is 0 Å². The predicted octanol–water partition coefficient (Wildman–Crippen LogP) is 1.31. The molecule has 1 aliphatic carbocycles. The van der Waals surface area contributed by atoms with E-state index in [4.69, 9.17) is 17.3 Å². The summed E-state index contributed by atoms with van der Waals surface area (Å²) in [7, 11) is 0. The smallest absolute Gasteiger partial charge is 0.224 e. The maximum absolute atomic E-state index is 13.5. The molecule has 1 fully saturated rings. The molecule has 0 radical (unpaired) electrons. The van der Waals surface area contributed by atoms with E-state index in [0.717, 1.165) is 19.0 Å². The second kappa shape index (κ2) is 5.34. The second-order valence-corrected chi connectivity index (χ2v) is 5.04. The molecule has 7 heteroatoms. The van der Waals surface area contributed by atoms with Crippen LogP contribution in [0.15, 0.2) is 6.20 Å². The summed E-state index contributed by atoms with van der Waals surface area (Å²) in [5.41, 5.74) is 4.68. The second-order valence-electron chi connectivity index (χ2n) is 4.70. The number of rotatable bonds is 3. The minimum Gasteiger partial charge on any atom is -0.388 e. The first-order valence-corrected chi connectivity index (χ1v) is 6.27. The maximum Gasteiger partial charge on any atom is 0.224 e. The number of nitrogens with one attached hydrogen (secondary N) is 1. The monoisotopic (exact) mass is 274 g/mol. The van der Waals surface area contributed by atoms with Crippen molar-refractivity contribution in [2.24, 2.45) is 5.73 Å². The molecule has 1 aromatic heterocycles. The zero-order valence-electron chi connectivity index (χ0n) is 9.87. The van der Waals surface area contributed by atoms with Crippen LogP contribution < -0.4 is 11.1 Å². The van der Waals surface area contributed by atoms with E-state index in [-0.39, 0.29) is 23.7 Å². The first kappa shape index (κ1) is 13.5. The number of nitrogens with zero attached hydrogens (tertiary/aromatic N) is 2. The van der Waals surface area contributed by atoms with Crippen LogP contribution in [0.1, 0.15) is 25.7 Å². The van der Waals surface area contributed by atoms with Crippen molar-refractivity contribution in [3.63, 3.8) is 0 Å². The molecule has 100 valence electrons. The Bertz CT molecular complexity index is 434. The molecule has 0 bridgehead atoms. The van der Waals surface area contributed by atoms with Crippen LogP contribution in [0.4, 0.5) is 10.2 Å². The average molecular weight is 275 g/mol. The van der Waals surface area contributed by atoms with Crippen molar-refractivity contribution in [1.82, 2.24) is 9.97 Å². The molecular weight excluding hydrogens is 259 g/mol. The Morgan fingerprint density at radius 1 is 1.67 bits per heavy atom. The van der Waals surface area contributed by atoms with Crippen molar-refractivity contribution in [1.29, 1.82) is 0 Å². The van der Waals surface area contributed by atoms with Gasteiger partial charge in [0.25, 0.3) is 0 Å². The highest BCUT2D eigenvalue weighted by Gasteiger charge is 2.33. The minimum atomic E-state index is -0.872. The van der Waals surface area contributed by atoms with E-state index in [2.05, 4.69) is 15.3 Å². The summed E-state index contributed by atoms with van der Waals surface area (Å²) in [6, 6.07) is -0.0623. The molecule has 18 heavy (non-hydrogen) atoms. The van der Waals surface area contributed by atoms with Crippen molar-refractivity contribution in [2.75, 3.05) is 11.9 Å². The highest BCUT2D eigenvalue weighted by atomic mass is 35.5. The lowest BCUT2D eigenvalue weighted by atomic mass is 9.82. The van der Waals surface area contributed by atoms with Gasteiger partial charge in [-0.3, -0.25) is 0 Å². The molecule has 1 aromatic rings. The van der Waals surface area contributed by atoms with Gasteiger partial charge in [0.15, 0.2) is 11.6 Å². The molecule has 0 saturated heterocycles. The number of halogens is 2. The Kier molecular flexibility index (Phi) is 3.99. The molecule has 1 saturated carbocycles. The third kappa shape index (κ3) is 3.07. The van der Waals surface area contributed by atoms with Crippen LogP contribution in [0.5, 0.6) is 0 Å². The first-order valence-electron chi connectivity index (χ1n) is 5.89. The van der Waals surface area contributed by atoms with Crippen LogP contribution in [-0.2, 0) is 0 Å². The topological polar surface area (TPSA) is 84.1 Å². The molecule has 4 N–H and O–H groups in total. The van der Waals surface area contributed by atoms with E-state index in [1.165, 1.54) is 0 Å². The highest BCUT2D eigenvalue weighted by molar-refractivity contribution is 6.28. The summed E-state index contributed by atoms with van der Waals surface area (Å²) in [5.74, 6) is -0.484. The Morgan fingerprint density at radius 2 is 2.44 bits per heavy atom. The van der Waals surface area contributed by atoms with Crippen LogP contribution in [0.2, 0.25) is 5.28 Å². The number of hydrogen-bond donors (Lipinski definition) is 3. The van der Waals surface area contributed by atoms with Gasteiger partial charge >= 0.3 is 0 Å². The Hall–Kier alpha value is -0.980. The summed E-state index contributed by atoms with van der Waals surface area (Å²) >= 11 is 5.62. The largest absolute Gasteiger partial charge is 0.388 e. The van der Waals surface area contributed by atoms with Crippen LogP contribution in [0.25, 0.3) is 0 Å². The molecule has 1 aliphatic rings. The number of anilines is 1. The van der Waals surface area contributed by atoms with Gasteiger partial charge in [0, 0.05) is 12.6 Å². The van der Waals surface area contributed by atoms with Gasteiger partial charge in [-0.15, -0.1) is 0 Å². The summed E-state index contributed by atoms with van der Waals surface area (Å²) in [5, 5.41) is 13.1. The van der Waals surface area contributed by atoms with Crippen molar-refractivity contribution < 1.29 is 9.50 Å². The summed E-state index contributed by atoms with van der Waals surface area (Å²) in [6.45, 7) is 0.207. The number of aliphatic hydroxyl groups is 1. The molecule has 2 rings (SSSR count). The molecule has 2 atom stereocenters. The predicted molar refractivity (Wildman–Crippen MR) is 66.9 cm³/mol. The normalized spacial score (nSPS) is 28.1. The molecule has 5 nitrogen and oxygen atoms in total. The molecule has 0 spiro atoms. The van der Waals surface area contributed by atoms with E-state index in [0.29, 0.717) is 12.8 Å². The third-order valence-electron chi connectivity index (χ3n) is 3.26. The van der Waals surface area contributed by atoms with Gasteiger partial charge < -0.3 is 16.2 Å². The molecule has 0 aromatic carbocycles. The van der Waals surface area contributed by atoms with Gasteiger partial charge in [0.1, 0.15) is 0 Å². The lowest BCUT2D eigenvalue weighted by Gasteiger charge is -2.36. The van der Waals surface area contributed by atoms with Crippen molar-refractivity contribution in [3.8, 4) is 0 Å². The highest BCUT2D eigenvalue weighted by Crippen LogP contribution is 2.29. The van der Waals surface area contributed by atoms with E-state index in [1.54, 1.807) is 0 Å². The fourth-order valence-corrected chi connectivity index (χ4v) is 2.42. The minimum absolute atomic E-state index is 0.0104. The number of aromatic nitrogens is 2. The van der Waals surface area contributed by atoms with Gasteiger partial charge in [-0.05, 0) is 37.3 Å². The third-order valence-corrected chi connectivity index (χ3v) is 3.44. The van der Waals surface area contributed by atoms with Crippen molar-refractivity contribution >= 4 is 17.4 Å². The molecule has 1 unspecified atom stereocenters. The standard InChI is InChI=1S/C11H16ClFN4O/c12-10-15-5-8(13)9(17-10)16-7-2-1-3-11(18,4-7)6-14/h5,7,18H,1-4,6,14H2,(H,15,16,17)/t7?,11-/m0/s1. The molecule has 0 aliphatic heterocycles. The van der Waals surface area contributed by atoms with Crippen LogP contribution in [0, 0.1) is 5.82 Å². The Morgan fingerprint density at radius 3 is 3.17 bits per heavy atom. The van der Waals surface area contributed by atoms with E-state index in [9.17, 15) is 9.50 Å². The van der Waals surface area contributed by atoms with Gasteiger partial charge in [0.05, 0.1) is 11.8 Å². The Labute approximate surface area is 110 Å². The number of hydrogen-bond acceptors (Lipinski definition) is 5. The van der Waals surface area contributed by atoms with Gasteiger partial charge in [-0.25, -0.2) is 9.37 Å². The van der Waals surface area contributed by atoms with Gasteiger partial charge in [0.2, 0.25) is 5.28 Å². The average Bonchev–Trinajstić information content (AvgIpc) is 2.34. The zero-order chi connectivity index (χ0) is 13.2. The van der Waals surface area contributed by atoms with Crippen LogP contribution >= 0.6 is 11.6 Å². The lowest BCUT2D eigenvalue weighted by Crippen LogP contribution is -2.46. The summed E-state index contributed by atoms with van der Waals surface area (Å²) < 4.78 is 13.5. The first-order chi connectivity index (χ1) is 8.52. The molecular formula is C11H16ClFN4O. The van der Waals surface area contributed by atoms with Crippen molar-refractivity contribution in [3.05, 3.63) is 17.3 Å². The lowest BCUT2D eigenvalue weighted by molar-refractivity contribution is 0.00860. The molecule has 1 heterocycles. The van der Waals surface area contributed by atoms with Crippen LogP contribution in [0.3, 0.4) is 0 Å². The SMILES string of the molecule is NC[C@]1(O)CCCC(Nc2nc(Cl)ncc2F)C1. The summed E-state index contributed by atoms with van der Waals surface area (Å²) in [4.78, 5) is 7.34. The zero-order valence-corrected chi connectivity index (χ0v) is 10.6. The fourth-order valence-electron chi connectivity index (χ4n) is 2.29. The summed E-state index contributed by atoms with van der Waals surface area (Å²) in [6.07, 6.45) is 3.85. The Balaban J connectivity index is 2.07. The quantitative estimate of drug-likeness (QED) is 0.724. The van der Waals surface area contributed by atoms with Gasteiger partial charge in [-0.1, -0.05) is 0 Å².